The molecule has 0 bridgehead atoms. The molecule has 1 fully saturated rings. The Balaban J connectivity index is 1.98. The van der Waals surface area contributed by atoms with Crippen LogP contribution in [0.2, 0.25) is 0 Å². The molecule has 2 atom stereocenters. The van der Waals surface area contributed by atoms with Crippen LogP contribution in [0.5, 0.6) is 0 Å². The number of pyridine rings is 1. The maximum atomic E-state index is 12.3. The largest absolute Gasteiger partial charge is 0.368 e. The van der Waals surface area contributed by atoms with Gasteiger partial charge in [0.1, 0.15) is 28.2 Å². The summed E-state index contributed by atoms with van der Waals surface area (Å²) in [6.45, 7) is 5.18. The first-order chi connectivity index (χ1) is 15.9. The number of rotatable bonds is 9. The van der Waals surface area contributed by atoms with Crippen LogP contribution in [-0.4, -0.2) is 55.1 Å². The highest BCUT2D eigenvalue weighted by Crippen LogP contribution is 2.39. The van der Waals surface area contributed by atoms with Crippen molar-refractivity contribution in [1.82, 2.24) is 9.88 Å². The van der Waals surface area contributed by atoms with Gasteiger partial charge in [0.05, 0.1) is 11.1 Å². The smallest absolute Gasteiger partial charge is 0.235 e. The van der Waals surface area contributed by atoms with E-state index in [-0.39, 0.29) is 6.04 Å². The zero-order valence-electron chi connectivity index (χ0n) is 19.0. The molecule has 4 N–H and O–H groups in total. The normalized spacial score (nSPS) is 16.7. The van der Waals surface area contributed by atoms with E-state index < -0.39 is 11.2 Å². The Kier molecular flexibility index (Phi) is 8.29. The summed E-state index contributed by atoms with van der Waals surface area (Å²) in [7, 11) is 1.89. The van der Waals surface area contributed by atoms with Crippen molar-refractivity contribution in [3.05, 3.63) is 52.6 Å². The van der Waals surface area contributed by atoms with Gasteiger partial charge >= 0.3 is 0 Å². The van der Waals surface area contributed by atoms with E-state index in [0.717, 1.165) is 43.4 Å². The predicted octanol–water partition coefficient (Wildman–Crippen LogP) is 2.18. The van der Waals surface area contributed by atoms with Crippen molar-refractivity contribution in [3.63, 3.8) is 0 Å². The molecular weight excluding hydrogens is 434 g/mol. The van der Waals surface area contributed by atoms with Crippen LogP contribution in [0.25, 0.3) is 0 Å². The van der Waals surface area contributed by atoms with Crippen molar-refractivity contribution < 1.29 is 4.79 Å². The minimum Gasteiger partial charge on any atom is -0.368 e. The molecule has 1 amide bonds. The third-order valence-corrected chi connectivity index (χ3v) is 7.10. The number of nitrogens with two attached hydrogens (primary N) is 2. The van der Waals surface area contributed by atoms with Crippen molar-refractivity contribution in [2.24, 2.45) is 11.5 Å². The monoisotopic (exact) mass is 463 g/mol. The van der Waals surface area contributed by atoms with Gasteiger partial charge < -0.3 is 16.4 Å². The number of likely N-dealkylation sites (N-methyl/N-ethyl adjacent to an activating group) is 1. The van der Waals surface area contributed by atoms with Crippen LogP contribution in [0.1, 0.15) is 40.8 Å². The van der Waals surface area contributed by atoms with E-state index in [1.54, 1.807) is 0 Å². The van der Waals surface area contributed by atoms with Crippen molar-refractivity contribution in [2.75, 3.05) is 38.1 Å². The number of aromatic nitrogens is 1. The summed E-state index contributed by atoms with van der Waals surface area (Å²) in [5.41, 5.74) is 13.8. The maximum Gasteiger partial charge on any atom is 0.235 e. The Labute approximate surface area is 199 Å². The van der Waals surface area contributed by atoms with E-state index in [2.05, 4.69) is 17.0 Å². The number of carbonyl (C=O) groups is 1. The summed E-state index contributed by atoms with van der Waals surface area (Å²) in [6.07, 6.45) is 1.48. The summed E-state index contributed by atoms with van der Waals surface area (Å²) < 4.78 is 0. The lowest BCUT2D eigenvalue weighted by Gasteiger charge is -2.25. The van der Waals surface area contributed by atoms with Crippen LogP contribution in [0.3, 0.4) is 0 Å². The van der Waals surface area contributed by atoms with Crippen molar-refractivity contribution in [2.45, 2.75) is 36.1 Å². The van der Waals surface area contributed by atoms with E-state index >= 15 is 0 Å². The van der Waals surface area contributed by atoms with Crippen molar-refractivity contribution >= 4 is 23.5 Å². The molecule has 0 spiro atoms. The molecule has 9 heteroatoms. The number of benzene rings is 1. The minimum absolute atomic E-state index is 0.205. The van der Waals surface area contributed by atoms with Crippen LogP contribution >= 0.6 is 11.8 Å². The zero-order chi connectivity index (χ0) is 24.0. The quantitative estimate of drug-likeness (QED) is 0.540. The Bertz CT molecular complexity index is 1080. The molecule has 1 aliphatic rings. The molecule has 2 heterocycles. The molecule has 1 aromatic carbocycles. The zero-order valence-corrected chi connectivity index (χ0v) is 19.8. The van der Waals surface area contributed by atoms with Crippen molar-refractivity contribution in [3.8, 4) is 12.1 Å². The summed E-state index contributed by atoms with van der Waals surface area (Å²) in [5, 5.41) is 19.5. The Morgan fingerprint density at radius 1 is 1.30 bits per heavy atom. The fourth-order valence-corrected chi connectivity index (χ4v) is 5.10. The Hall–Kier alpha value is -3.11. The number of thioether (sulfide) groups is 1. The molecule has 8 nitrogen and oxygen atoms in total. The molecule has 172 valence electrons. The fraction of sp³-hybridized carbons (Fsp3) is 0.417. The first-order valence-electron chi connectivity index (χ1n) is 11.0. The van der Waals surface area contributed by atoms with Gasteiger partial charge in [0, 0.05) is 32.7 Å². The topological polar surface area (TPSA) is 136 Å². The molecule has 3 rings (SSSR count). The molecule has 2 aromatic rings. The van der Waals surface area contributed by atoms with Crippen LogP contribution < -0.4 is 16.4 Å². The number of anilines is 1. The second kappa shape index (κ2) is 11.2. The van der Waals surface area contributed by atoms with E-state index in [1.807, 2.05) is 49.2 Å². The molecule has 2 unspecified atom stereocenters. The lowest BCUT2D eigenvalue weighted by atomic mass is 10.0. The van der Waals surface area contributed by atoms with Crippen LogP contribution in [0.15, 0.2) is 35.4 Å². The first kappa shape index (κ1) is 24.5. The number of amides is 1. The van der Waals surface area contributed by atoms with Gasteiger partial charge in [-0.15, -0.1) is 0 Å². The number of likely N-dealkylation sites (tertiary alicyclic amines) is 1. The average Bonchev–Trinajstić information content (AvgIpc) is 3.25. The third kappa shape index (κ3) is 5.63. The molecule has 1 aliphatic heterocycles. The molecule has 1 aromatic heterocycles. The molecular formula is C24H29N7OS. The van der Waals surface area contributed by atoms with Crippen LogP contribution in [-0.2, 0) is 11.2 Å². The highest BCUT2D eigenvalue weighted by atomic mass is 32.2. The Morgan fingerprint density at radius 2 is 2.00 bits per heavy atom. The number of nitriles is 2. The van der Waals surface area contributed by atoms with E-state index in [9.17, 15) is 15.3 Å². The van der Waals surface area contributed by atoms with Gasteiger partial charge in [0.25, 0.3) is 0 Å². The number of hydrogen-bond acceptors (Lipinski definition) is 8. The minimum atomic E-state index is -0.701. The van der Waals surface area contributed by atoms with Gasteiger partial charge in [-0.05, 0) is 30.5 Å². The highest BCUT2D eigenvalue weighted by molar-refractivity contribution is 8.00. The first-order valence-corrected chi connectivity index (χ1v) is 11.8. The second-order valence-electron chi connectivity index (χ2n) is 8.13. The molecule has 0 aliphatic carbocycles. The second-order valence-corrected chi connectivity index (χ2v) is 9.22. The molecule has 1 saturated heterocycles. The maximum absolute atomic E-state index is 12.3. The van der Waals surface area contributed by atoms with E-state index in [0.29, 0.717) is 40.5 Å². The lowest BCUT2D eigenvalue weighted by Crippen LogP contribution is -2.34. The SMILES string of the molecule is CCc1c(C#N)c(SC(C(N)=O)c2ccccc2)nc(N(C)CCN2CCC(N)C2)c1C#N. The number of primary amides is 1. The summed E-state index contributed by atoms with van der Waals surface area (Å²) >= 11 is 1.15. The van der Waals surface area contributed by atoms with Gasteiger partial charge in [0.15, 0.2) is 0 Å². The van der Waals surface area contributed by atoms with Crippen molar-refractivity contribution in [1.29, 1.82) is 10.5 Å². The standard InChI is InChI=1S/C24H29N7OS/c1-3-18-19(13-25)23(30(2)11-12-31-10-9-17(27)15-31)29-24(20(18)14-26)33-21(22(28)32)16-7-5-4-6-8-16/h4-8,17,21H,3,9-12,15,27H2,1-2H3,(H2,28,32). The van der Waals surface area contributed by atoms with Gasteiger partial charge in [0.2, 0.25) is 5.91 Å². The van der Waals surface area contributed by atoms with Gasteiger partial charge in [-0.2, -0.15) is 10.5 Å². The average molecular weight is 464 g/mol. The van der Waals surface area contributed by atoms with Gasteiger partial charge in [-0.25, -0.2) is 4.98 Å². The summed E-state index contributed by atoms with van der Waals surface area (Å²) in [5.74, 6) is -0.00444. The predicted molar refractivity (Wildman–Crippen MR) is 130 cm³/mol. The molecule has 0 radical (unpaired) electrons. The van der Waals surface area contributed by atoms with E-state index in [1.165, 1.54) is 0 Å². The number of nitrogens with zero attached hydrogens (tertiary/aromatic N) is 5. The van der Waals surface area contributed by atoms with Gasteiger partial charge in [-0.3, -0.25) is 9.69 Å². The van der Waals surface area contributed by atoms with Crippen LogP contribution in [0, 0.1) is 22.7 Å². The summed E-state index contributed by atoms with van der Waals surface area (Å²) in [6, 6.07) is 13.9. The Morgan fingerprint density at radius 3 is 2.55 bits per heavy atom. The van der Waals surface area contributed by atoms with E-state index in [4.69, 9.17) is 16.5 Å². The molecule has 33 heavy (non-hydrogen) atoms. The fourth-order valence-electron chi connectivity index (χ4n) is 4.04. The lowest BCUT2D eigenvalue weighted by molar-refractivity contribution is -0.117. The van der Waals surface area contributed by atoms with Gasteiger partial charge in [-0.1, -0.05) is 49.0 Å². The van der Waals surface area contributed by atoms with Crippen LogP contribution in [0.4, 0.5) is 5.82 Å². The number of hydrogen-bond donors (Lipinski definition) is 2. The molecule has 0 saturated carbocycles. The summed E-state index contributed by atoms with van der Waals surface area (Å²) in [4.78, 5) is 21.2. The highest BCUT2D eigenvalue weighted by Gasteiger charge is 2.27. The number of carbonyl (C=O) groups excluding carboxylic acids is 1. The third-order valence-electron chi connectivity index (χ3n) is 5.84.